The van der Waals surface area contributed by atoms with E-state index < -0.39 is 7.60 Å². The first-order valence-corrected chi connectivity index (χ1v) is 13.7. The summed E-state index contributed by atoms with van der Waals surface area (Å²) in [6.45, 7) is 4.27. The molecule has 2 aromatic heterocycles. The zero-order valence-corrected chi connectivity index (χ0v) is 20.7. The number of aromatic nitrogens is 1. The van der Waals surface area contributed by atoms with Crippen LogP contribution in [0.5, 0.6) is 0 Å². The number of hydrogen-bond acceptors (Lipinski definition) is 5. The van der Waals surface area contributed by atoms with Crippen molar-refractivity contribution >= 4 is 29.1 Å². The van der Waals surface area contributed by atoms with Crippen LogP contribution in [0, 0.1) is 13.8 Å². The van der Waals surface area contributed by atoms with Crippen LogP contribution in [0.15, 0.2) is 24.3 Å². The van der Waals surface area contributed by atoms with Crippen molar-refractivity contribution in [1.82, 2.24) is 4.98 Å². The highest BCUT2D eigenvalue weighted by atomic mass is 32.1. The largest absolute Gasteiger partial charge is 0.330 e. The van der Waals surface area contributed by atoms with Crippen LogP contribution in [-0.4, -0.2) is 25.4 Å². The number of nitrogens with zero attached hydrogens (tertiary/aromatic N) is 1. The quantitative estimate of drug-likeness (QED) is 0.264. The Morgan fingerprint density at radius 2 is 1.74 bits per heavy atom. The van der Waals surface area contributed by atoms with Crippen LogP contribution in [0.3, 0.4) is 0 Å². The fraction of sp³-hybridized carbons (Fsp3) is 0.480. The topological polar surface area (TPSA) is 48.4 Å². The van der Waals surface area contributed by atoms with Gasteiger partial charge in [-0.15, -0.1) is 11.3 Å². The Morgan fingerprint density at radius 1 is 1.03 bits per heavy atom. The number of fused-ring (bicyclic) bond motifs is 3. The second-order valence-corrected chi connectivity index (χ2v) is 11.9. The monoisotopic (exact) mass is 457 g/mol. The Kier molecular flexibility index (Phi) is 6.98. The molecule has 1 aromatic carbocycles. The zero-order valence-electron chi connectivity index (χ0n) is 19.0. The molecule has 0 N–H and O–H groups in total. The molecular weight excluding hydrogens is 425 g/mol. The molecule has 4 rings (SSSR count). The van der Waals surface area contributed by atoms with Crippen molar-refractivity contribution in [2.75, 3.05) is 20.4 Å². The molecule has 0 bridgehead atoms. The van der Waals surface area contributed by atoms with Gasteiger partial charge in [0.05, 0.1) is 6.16 Å². The number of rotatable bonds is 8. The predicted octanol–water partition coefficient (Wildman–Crippen LogP) is 7.27. The minimum absolute atomic E-state index is 0.447. The molecule has 0 amide bonds. The highest BCUT2D eigenvalue weighted by molar-refractivity contribution is 7.53. The molecule has 1 aliphatic carbocycles. The zero-order chi connectivity index (χ0) is 22.0. The van der Waals surface area contributed by atoms with Crippen LogP contribution in [0.4, 0.5) is 0 Å². The van der Waals surface area contributed by atoms with Crippen molar-refractivity contribution in [2.45, 2.75) is 58.8 Å². The average Bonchev–Trinajstić information content (AvgIpc) is 3.15. The van der Waals surface area contributed by atoms with Gasteiger partial charge in [0.15, 0.2) is 0 Å². The first-order chi connectivity index (χ1) is 15.0. The average molecular weight is 458 g/mol. The van der Waals surface area contributed by atoms with Crippen LogP contribution < -0.4 is 0 Å². The van der Waals surface area contributed by atoms with Crippen molar-refractivity contribution in [1.29, 1.82) is 0 Å². The number of aryl methyl sites for hydroxylation is 4. The van der Waals surface area contributed by atoms with Gasteiger partial charge in [0.1, 0.15) is 4.83 Å². The highest BCUT2D eigenvalue weighted by Crippen LogP contribution is 2.47. The summed E-state index contributed by atoms with van der Waals surface area (Å²) in [5, 5.41) is 1.38. The summed E-state index contributed by atoms with van der Waals surface area (Å²) in [5.74, 6) is 0. The molecule has 0 saturated carbocycles. The minimum Gasteiger partial charge on any atom is -0.312 e. The first-order valence-electron chi connectivity index (χ1n) is 11.2. The second-order valence-electron chi connectivity index (χ2n) is 8.46. The van der Waals surface area contributed by atoms with Crippen molar-refractivity contribution in [3.05, 3.63) is 51.5 Å². The van der Waals surface area contributed by atoms with Crippen molar-refractivity contribution in [2.24, 2.45) is 0 Å². The molecular formula is C25H32NO3PS. The maximum Gasteiger partial charge on any atom is 0.330 e. The third-order valence-corrected chi connectivity index (χ3v) is 9.58. The van der Waals surface area contributed by atoms with E-state index in [1.54, 1.807) is 0 Å². The SMILES string of the molecule is COP(=O)(CCCCc1c(C)nc2sc3c(c2c1-c1ccc(C)cc1)CCCC3)OC. The van der Waals surface area contributed by atoms with Crippen molar-refractivity contribution in [3.8, 4) is 11.1 Å². The number of pyridine rings is 1. The molecule has 0 fully saturated rings. The number of hydrogen-bond donors (Lipinski definition) is 0. The molecule has 31 heavy (non-hydrogen) atoms. The number of thiophene rings is 1. The van der Waals surface area contributed by atoms with Gasteiger partial charge in [-0.1, -0.05) is 29.8 Å². The van der Waals surface area contributed by atoms with Gasteiger partial charge in [-0.05, 0) is 81.0 Å². The molecule has 4 nitrogen and oxygen atoms in total. The Balaban J connectivity index is 1.75. The molecule has 0 atom stereocenters. The number of unbranched alkanes of at least 4 members (excludes halogenated alkanes) is 1. The van der Waals surface area contributed by atoms with Gasteiger partial charge in [-0.2, -0.15) is 0 Å². The Morgan fingerprint density at radius 3 is 2.45 bits per heavy atom. The van der Waals surface area contributed by atoms with E-state index in [0.29, 0.717) is 6.16 Å². The van der Waals surface area contributed by atoms with E-state index in [1.165, 1.54) is 76.4 Å². The summed E-state index contributed by atoms with van der Waals surface area (Å²) in [6.07, 6.45) is 7.97. The van der Waals surface area contributed by atoms with Gasteiger partial charge >= 0.3 is 7.60 Å². The maximum absolute atomic E-state index is 12.4. The molecule has 3 aromatic rings. The fourth-order valence-corrected chi connectivity index (χ4v) is 7.09. The predicted molar refractivity (Wildman–Crippen MR) is 131 cm³/mol. The van der Waals surface area contributed by atoms with Gasteiger partial charge in [-0.3, -0.25) is 4.57 Å². The lowest BCUT2D eigenvalue weighted by Gasteiger charge is -2.18. The van der Waals surface area contributed by atoms with E-state index in [2.05, 4.69) is 38.1 Å². The van der Waals surface area contributed by atoms with Crippen molar-refractivity contribution in [3.63, 3.8) is 0 Å². The first kappa shape index (κ1) is 22.7. The summed E-state index contributed by atoms with van der Waals surface area (Å²) in [5.41, 5.74) is 7.88. The summed E-state index contributed by atoms with van der Waals surface area (Å²) >= 11 is 1.89. The molecule has 0 unspecified atom stereocenters. The Labute approximate surface area is 189 Å². The molecule has 1 aliphatic rings. The van der Waals surface area contributed by atoms with Gasteiger partial charge in [0, 0.05) is 30.2 Å². The molecule has 2 heterocycles. The lowest BCUT2D eigenvalue weighted by Crippen LogP contribution is -2.03. The van der Waals surface area contributed by atoms with E-state index in [4.69, 9.17) is 14.0 Å². The Bertz CT molecular complexity index is 1110. The fourth-order valence-electron chi connectivity index (χ4n) is 4.65. The Hall–Kier alpha value is -1.52. The van der Waals surface area contributed by atoms with Gasteiger partial charge in [0.2, 0.25) is 0 Å². The molecule has 0 spiro atoms. The van der Waals surface area contributed by atoms with Crippen molar-refractivity contribution < 1.29 is 13.6 Å². The third kappa shape index (κ3) is 4.66. The highest BCUT2D eigenvalue weighted by Gasteiger charge is 2.24. The van der Waals surface area contributed by atoms with Crippen LogP contribution >= 0.6 is 18.9 Å². The van der Waals surface area contributed by atoms with Crippen LogP contribution in [0.2, 0.25) is 0 Å². The normalized spacial score (nSPS) is 14.2. The van der Waals surface area contributed by atoms with E-state index in [0.717, 1.165) is 31.4 Å². The standard InChI is InChI=1S/C25H32NO3PS/c1-17-12-14-19(15-13-17)23-20(9-7-8-16-30(27,28-3)29-4)18(2)26-25-24(23)21-10-5-6-11-22(21)31-25/h12-15H,5-11,16H2,1-4H3. The van der Waals surface area contributed by atoms with E-state index in [-0.39, 0.29) is 0 Å². The van der Waals surface area contributed by atoms with Gasteiger partial charge in [-0.25, -0.2) is 4.98 Å². The van der Waals surface area contributed by atoms with E-state index >= 15 is 0 Å². The van der Waals surface area contributed by atoms with Crippen LogP contribution in [0.1, 0.15) is 52.9 Å². The summed E-state index contributed by atoms with van der Waals surface area (Å²) in [7, 11) is -0.0292. The number of benzene rings is 1. The molecule has 0 aliphatic heterocycles. The van der Waals surface area contributed by atoms with Gasteiger partial charge < -0.3 is 9.05 Å². The van der Waals surface area contributed by atoms with Crippen LogP contribution in [-0.2, 0) is 32.9 Å². The third-order valence-electron chi connectivity index (χ3n) is 6.42. The maximum atomic E-state index is 12.4. The molecule has 166 valence electrons. The molecule has 0 saturated heterocycles. The van der Waals surface area contributed by atoms with Gasteiger partial charge in [0.25, 0.3) is 0 Å². The summed E-state index contributed by atoms with van der Waals surface area (Å²) in [4.78, 5) is 7.77. The van der Waals surface area contributed by atoms with E-state index in [9.17, 15) is 4.57 Å². The smallest absolute Gasteiger partial charge is 0.312 e. The molecule has 0 radical (unpaired) electrons. The lowest BCUT2D eigenvalue weighted by atomic mass is 9.88. The lowest BCUT2D eigenvalue weighted by molar-refractivity contribution is 0.275. The molecule has 6 heteroatoms. The van der Waals surface area contributed by atoms with E-state index in [1.807, 2.05) is 11.3 Å². The minimum atomic E-state index is -2.95. The summed E-state index contributed by atoms with van der Waals surface area (Å²) in [6, 6.07) is 8.91. The van der Waals surface area contributed by atoms with Crippen LogP contribution in [0.25, 0.3) is 21.3 Å². The summed E-state index contributed by atoms with van der Waals surface area (Å²) < 4.78 is 22.6. The second kappa shape index (κ2) is 9.54.